The molecule has 0 saturated carbocycles. The number of amides is 2. The Bertz CT molecular complexity index is 1430. The highest BCUT2D eigenvalue weighted by molar-refractivity contribution is 5.97. The summed E-state index contributed by atoms with van der Waals surface area (Å²) < 4.78 is 58.4. The molecule has 0 bridgehead atoms. The number of carbonyl (C=O) groups is 3. The van der Waals surface area contributed by atoms with Crippen LogP contribution in [0.25, 0.3) is 22.0 Å². The van der Waals surface area contributed by atoms with Crippen molar-refractivity contribution in [1.29, 1.82) is 0 Å². The first kappa shape index (κ1) is 32.2. The van der Waals surface area contributed by atoms with Crippen molar-refractivity contribution in [3.8, 4) is 16.9 Å². The Morgan fingerprint density at radius 2 is 1.45 bits per heavy atom. The van der Waals surface area contributed by atoms with Crippen LogP contribution in [0.5, 0.6) is 5.75 Å². The lowest BCUT2D eigenvalue weighted by molar-refractivity contribution is -0.274. The number of rotatable bonds is 6. The van der Waals surface area contributed by atoms with Gasteiger partial charge in [0.25, 0.3) is 0 Å². The Labute approximate surface area is 241 Å². The van der Waals surface area contributed by atoms with Crippen LogP contribution in [0.1, 0.15) is 59.6 Å². The lowest BCUT2D eigenvalue weighted by Gasteiger charge is -2.29. The Hall–Kier alpha value is -4.35. The van der Waals surface area contributed by atoms with Gasteiger partial charge in [-0.2, -0.15) is 0 Å². The van der Waals surface area contributed by atoms with Gasteiger partial charge in [-0.25, -0.2) is 14.5 Å². The van der Waals surface area contributed by atoms with Gasteiger partial charge in [0, 0.05) is 29.6 Å². The van der Waals surface area contributed by atoms with Gasteiger partial charge >= 0.3 is 24.5 Å². The van der Waals surface area contributed by atoms with Gasteiger partial charge in [0.1, 0.15) is 23.6 Å². The Balaban J connectivity index is 2.21. The van der Waals surface area contributed by atoms with E-state index >= 15 is 0 Å². The molecule has 0 spiro atoms. The predicted octanol–water partition coefficient (Wildman–Crippen LogP) is 7.54. The molecule has 226 valence electrons. The van der Waals surface area contributed by atoms with Crippen molar-refractivity contribution in [2.75, 3.05) is 0 Å². The molecule has 1 heterocycles. The minimum absolute atomic E-state index is 0.206. The Kier molecular flexibility index (Phi) is 9.39. The van der Waals surface area contributed by atoms with Crippen LogP contribution < -0.4 is 4.74 Å². The number of ether oxygens (including phenoxy) is 4. The van der Waals surface area contributed by atoms with Crippen LogP contribution in [-0.4, -0.2) is 45.6 Å². The highest BCUT2D eigenvalue weighted by Gasteiger charge is 2.33. The number of imide groups is 1. The maximum Gasteiger partial charge on any atom is 0.573 e. The Morgan fingerprint density at radius 3 is 1.95 bits per heavy atom. The normalized spacial score (nSPS) is 12.0. The van der Waals surface area contributed by atoms with Gasteiger partial charge in [-0.3, -0.25) is 9.78 Å². The van der Waals surface area contributed by atoms with Crippen LogP contribution in [0, 0.1) is 0 Å². The molecule has 3 aromatic rings. The first-order chi connectivity index (χ1) is 19.3. The van der Waals surface area contributed by atoms with Crippen molar-refractivity contribution >= 4 is 29.1 Å². The number of pyridine rings is 1. The third-order valence-electron chi connectivity index (χ3n) is 5.47. The standard InChI is InChI=1S/C30H33F3N2O7/c1-18(36)39-17-24-20(16-35(26(37)41-28(2,3)4)27(38)42-29(5,6)7)15-23(25-22(24)9-8-14-34-25)19-10-12-21(13-11-19)40-30(31,32)33/h8-15H,16-17H2,1-7H3. The molecular weight excluding hydrogens is 557 g/mol. The van der Waals surface area contributed by atoms with Crippen LogP contribution in [0.2, 0.25) is 0 Å². The number of benzene rings is 2. The smallest absolute Gasteiger partial charge is 0.461 e. The van der Waals surface area contributed by atoms with Crippen molar-refractivity contribution in [3.63, 3.8) is 0 Å². The monoisotopic (exact) mass is 590 g/mol. The van der Waals surface area contributed by atoms with E-state index in [0.29, 0.717) is 33.2 Å². The summed E-state index contributed by atoms with van der Waals surface area (Å²) in [5.74, 6) is -0.963. The molecule has 0 radical (unpaired) electrons. The van der Waals surface area contributed by atoms with Crippen LogP contribution >= 0.6 is 0 Å². The highest BCUT2D eigenvalue weighted by atomic mass is 19.4. The van der Waals surface area contributed by atoms with E-state index in [0.717, 1.165) is 17.0 Å². The molecule has 2 amide bonds. The number of carbonyl (C=O) groups excluding carboxylic acids is 3. The molecule has 3 rings (SSSR count). The quantitative estimate of drug-likeness (QED) is 0.214. The minimum atomic E-state index is -4.85. The summed E-state index contributed by atoms with van der Waals surface area (Å²) >= 11 is 0. The summed E-state index contributed by atoms with van der Waals surface area (Å²) in [7, 11) is 0. The number of aromatic nitrogens is 1. The molecule has 0 unspecified atom stereocenters. The largest absolute Gasteiger partial charge is 0.573 e. The number of alkyl halides is 3. The van der Waals surface area contributed by atoms with Gasteiger partial charge < -0.3 is 18.9 Å². The maximum absolute atomic E-state index is 13.2. The minimum Gasteiger partial charge on any atom is -0.461 e. The third kappa shape index (κ3) is 9.08. The van der Waals surface area contributed by atoms with Crippen LogP contribution in [0.15, 0.2) is 48.7 Å². The number of halogens is 3. The average molecular weight is 591 g/mol. The number of esters is 1. The van der Waals surface area contributed by atoms with E-state index in [4.69, 9.17) is 14.2 Å². The maximum atomic E-state index is 13.2. The second-order valence-electron chi connectivity index (χ2n) is 11.4. The summed E-state index contributed by atoms with van der Waals surface area (Å²) in [5, 5.41) is 0.537. The zero-order chi connectivity index (χ0) is 31.5. The van der Waals surface area contributed by atoms with E-state index in [1.807, 2.05) is 0 Å². The van der Waals surface area contributed by atoms with Gasteiger partial charge in [-0.15, -0.1) is 13.2 Å². The lowest BCUT2D eigenvalue weighted by atomic mass is 9.94. The average Bonchev–Trinajstić information content (AvgIpc) is 2.83. The molecule has 0 atom stereocenters. The molecule has 0 aliphatic heterocycles. The summed E-state index contributed by atoms with van der Waals surface area (Å²) in [5.41, 5.74) is 0.403. The molecule has 0 saturated heterocycles. The molecule has 0 aliphatic rings. The summed E-state index contributed by atoms with van der Waals surface area (Å²) in [6.07, 6.45) is -5.24. The van der Waals surface area contributed by atoms with E-state index in [1.54, 1.807) is 59.7 Å². The van der Waals surface area contributed by atoms with Crippen molar-refractivity contribution in [1.82, 2.24) is 9.88 Å². The van der Waals surface area contributed by atoms with E-state index in [1.165, 1.54) is 25.3 Å². The number of nitrogens with zero attached hydrogens (tertiary/aromatic N) is 2. The van der Waals surface area contributed by atoms with E-state index < -0.39 is 41.5 Å². The summed E-state index contributed by atoms with van der Waals surface area (Å²) in [6, 6.07) is 10.2. The fourth-order valence-corrected chi connectivity index (χ4v) is 3.92. The van der Waals surface area contributed by atoms with E-state index in [2.05, 4.69) is 9.72 Å². The first-order valence-corrected chi connectivity index (χ1v) is 13.0. The molecule has 0 fully saturated rings. The summed E-state index contributed by atoms with van der Waals surface area (Å²) in [6.45, 7) is 10.6. The molecule has 2 aromatic carbocycles. The predicted molar refractivity (Wildman–Crippen MR) is 147 cm³/mol. The van der Waals surface area contributed by atoms with Gasteiger partial charge in [-0.05, 0) is 76.9 Å². The van der Waals surface area contributed by atoms with Crippen LogP contribution in [0.4, 0.5) is 22.8 Å². The second-order valence-corrected chi connectivity index (χ2v) is 11.4. The Morgan fingerprint density at radius 1 is 0.881 bits per heavy atom. The number of fused-ring (bicyclic) bond motifs is 1. The van der Waals surface area contributed by atoms with Gasteiger partial charge in [0.2, 0.25) is 0 Å². The van der Waals surface area contributed by atoms with Gasteiger partial charge in [-0.1, -0.05) is 18.2 Å². The fourth-order valence-electron chi connectivity index (χ4n) is 3.92. The SMILES string of the molecule is CC(=O)OCc1c(CN(C(=O)OC(C)(C)C)C(=O)OC(C)(C)C)cc(-c2ccc(OC(F)(F)F)cc2)c2ncccc12. The number of hydrogen-bond donors (Lipinski definition) is 0. The van der Waals surface area contributed by atoms with E-state index in [9.17, 15) is 27.6 Å². The van der Waals surface area contributed by atoms with Crippen molar-refractivity contribution in [3.05, 3.63) is 59.8 Å². The van der Waals surface area contributed by atoms with Gasteiger partial charge in [0.05, 0.1) is 12.1 Å². The van der Waals surface area contributed by atoms with Gasteiger partial charge in [0.15, 0.2) is 0 Å². The zero-order valence-corrected chi connectivity index (χ0v) is 24.4. The molecule has 9 nitrogen and oxygen atoms in total. The van der Waals surface area contributed by atoms with E-state index in [-0.39, 0.29) is 13.2 Å². The molecular formula is C30H33F3N2O7. The topological polar surface area (TPSA) is 104 Å². The van der Waals surface area contributed by atoms with Crippen molar-refractivity contribution in [2.24, 2.45) is 0 Å². The fraction of sp³-hybridized carbons (Fsp3) is 0.400. The van der Waals surface area contributed by atoms with Crippen LogP contribution in [-0.2, 0) is 32.2 Å². The third-order valence-corrected chi connectivity index (χ3v) is 5.47. The molecule has 1 aromatic heterocycles. The second kappa shape index (κ2) is 12.3. The summed E-state index contributed by atoms with van der Waals surface area (Å²) in [4.78, 5) is 43.5. The van der Waals surface area contributed by atoms with Crippen LogP contribution in [0.3, 0.4) is 0 Å². The van der Waals surface area contributed by atoms with Crippen molar-refractivity contribution < 1.29 is 46.5 Å². The first-order valence-electron chi connectivity index (χ1n) is 13.0. The zero-order valence-electron chi connectivity index (χ0n) is 24.4. The molecule has 12 heteroatoms. The lowest BCUT2D eigenvalue weighted by Crippen LogP contribution is -2.43. The molecule has 0 aliphatic carbocycles. The highest BCUT2D eigenvalue weighted by Crippen LogP contribution is 2.35. The van der Waals surface area contributed by atoms with Crippen molar-refractivity contribution in [2.45, 2.75) is 79.2 Å². The molecule has 42 heavy (non-hydrogen) atoms. The number of hydrogen-bond acceptors (Lipinski definition) is 8. The molecule has 0 N–H and O–H groups in total.